The minimum Gasteiger partial charge on any atom is -0.387 e. The second kappa shape index (κ2) is 5.76. The highest BCUT2D eigenvalue weighted by molar-refractivity contribution is 7.46. The van der Waals surface area contributed by atoms with E-state index in [9.17, 15) is 19.6 Å². The predicted molar refractivity (Wildman–Crippen MR) is 72.1 cm³/mol. The van der Waals surface area contributed by atoms with Crippen LogP contribution >= 0.6 is 7.82 Å². The summed E-state index contributed by atoms with van der Waals surface area (Å²) in [5, 5.41) is 20.0. The normalized spacial score (nSPS) is 28.5. The maximum Gasteiger partial charge on any atom is 0.469 e. The maximum absolute atomic E-state index is 11.6. The van der Waals surface area contributed by atoms with Crippen LogP contribution < -0.4 is 5.56 Å². The summed E-state index contributed by atoms with van der Waals surface area (Å²) < 4.78 is 21.6. The van der Waals surface area contributed by atoms with Crippen molar-refractivity contribution in [2.45, 2.75) is 24.5 Å². The lowest BCUT2D eigenvalue weighted by atomic mass is 10.1. The quantitative estimate of drug-likeness (QED) is 0.381. The number of ether oxygens (including phenoxy) is 1. The third kappa shape index (κ3) is 3.05. The molecule has 0 radical (unpaired) electrons. The van der Waals surface area contributed by atoms with Gasteiger partial charge in [0, 0.05) is 0 Å². The molecule has 3 rings (SSSR count). The standard InChI is InChI=1S/C10H13N4O8P/c15-6-4(1-21-23(18,19)20)22-10(7(6)16)14-3-13-5-8(14)11-2-12-9(5)17/h2-4,6-7,10,15-16H,1H2,(H,11,12,17)(H2,18,19,20)/t4-,6-,7-,10-/m1/s1/i3+2. The van der Waals surface area contributed by atoms with Crippen molar-refractivity contribution in [2.24, 2.45) is 0 Å². The van der Waals surface area contributed by atoms with Gasteiger partial charge in [-0.15, -0.1) is 0 Å². The summed E-state index contributed by atoms with van der Waals surface area (Å²) >= 11 is 0. The second-order valence-electron chi connectivity index (χ2n) is 4.89. The van der Waals surface area contributed by atoms with Gasteiger partial charge in [-0.25, -0.2) is 14.5 Å². The van der Waals surface area contributed by atoms with Crippen molar-refractivity contribution in [3.8, 4) is 0 Å². The number of hydrogen-bond acceptors (Lipinski definition) is 8. The summed E-state index contributed by atoms with van der Waals surface area (Å²) in [7, 11) is -4.74. The van der Waals surface area contributed by atoms with Crippen molar-refractivity contribution in [3.05, 3.63) is 23.0 Å². The van der Waals surface area contributed by atoms with Crippen molar-refractivity contribution in [1.29, 1.82) is 0 Å². The summed E-state index contributed by atoms with van der Waals surface area (Å²) in [5.74, 6) is 0. The molecule has 126 valence electrons. The molecule has 2 aromatic heterocycles. The molecule has 2 aromatic rings. The van der Waals surface area contributed by atoms with E-state index < -0.39 is 44.5 Å². The molecule has 1 aliphatic rings. The number of rotatable bonds is 4. The number of phosphoric ester groups is 1. The zero-order valence-electron chi connectivity index (χ0n) is 11.4. The Balaban J connectivity index is 1.87. The lowest BCUT2D eigenvalue weighted by Crippen LogP contribution is -2.33. The van der Waals surface area contributed by atoms with Crippen LogP contribution in [0, 0.1) is 0 Å². The van der Waals surface area contributed by atoms with Gasteiger partial charge in [-0.05, 0) is 0 Å². The highest BCUT2D eigenvalue weighted by Gasteiger charge is 2.45. The molecular formula is C10H13N4O8P. The topological polar surface area (TPSA) is 180 Å². The van der Waals surface area contributed by atoms with Gasteiger partial charge in [0.2, 0.25) is 0 Å². The van der Waals surface area contributed by atoms with Crippen molar-refractivity contribution in [1.82, 2.24) is 19.5 Å². The molecule has 0 aliphatic carbocycles. The fourth-order valence-electron chi connectivity index (χ4n) is 2.32. The van der Waals surface area contributed by atoms with E-state index in [-0.39, 0.29) is 11.2 Å². The van der Waals surface area contributed by atoms with Gasteiger partial charge in [0.1, 0.15) is 18.3 Å². The van der Waals surface area contributed by atoms with Gasteiger partial charge in [0.15, 0.2) is 17.4 Å². The van der Waals surface area contributed by atoms with Crippen LogP contribution in [-0.4, -0.2) is 64.4 Å². The van der Waals surface area contributed by atoms with Crippen molar-refractivity contribution >= 4 is 19.0 Å². The molecule has 0 saturated carbocycles. The van der Waals surface area contributed by atoms with E-state index in [4.69, 9.17) is 14.5 Å². The Labute approximate surface area is 127 Å². The monoisotopic (exact) mass is 350 g/mol. The molecule has 12 nitrogen and oxygen atoms in total. The zero-order chi connectivity index (χ0) is 16.8. The van der Waals surface area contributed by atoms with E-state index in [1.165, 1.54) is 10.9 Å². The summed E-state index contributed by atoms with van der Waals surface area (Å²) in [4.78, 5) is 39.1. The first-order valence-electron chi connectivity index (χ1n) is 6.40. The highest BCUT2D eigenvalue weighted by Crippen LogP contribution is 2.38. The molecule has 0 spiro atoms. The number of H-pyrrole nitrogens is 1. The van der Waals surface area contributed by atoms with Crippen LogP contribution in [0.5, 0.6) is 0 Å². The smallest absolute Gasteiger partial charge is 0.387 e. The molecule has 1 fully saturated rings. The van der Waals surface area contributed by atoms with Crippen LogP contribution in [0.2, 0.25) is 0 Å². The number of aliphatic hydroxyl groups is 2. The summed E-state index contributed by atoms with van der Waals surface area (Å²) in [5.41, 5.74) is -0.336. The fourth-order valence-corrected chi connectivity index (χ4v) is 2.66. The molecule has 5 N–H and O–H groups in total. The zero-order valence-corrected chi connectivity index (χ0v) is 12.3. The van der Waals surface area contributed by atoms with Crippen LogP contribution in [0.25, 0.3) is 11.2 Å². The summed E-state index contributed by atoms with van der Waals surface area (Å²) in [6.45, 7) is -0.625. The van der Waals surface area contributed by atoms with E-state index >= 15 is 0 Å². The first kappa shape index (κ1) is 16.2. The first-order chi connectivity index (χ1) is 10.8. The maximum atomic E-state index is 11.6. The minimum absolute atomic E-state index is 0.0210. The van der Waals surface area contributed by atoms with E-state index in [1.807, 2.05) is 0 Å². The van der Waals surface area contributed by atoms with Gasteiger partial charge in [0.05, 0.1) is 19.3 Å². The van der Waals surface area contributed by atoms with E-state index in [0.29, 0.717) is 0 Å². The number of nitrogens with one attached hydrogen (secondary N) is 1. The second-order valence-corrected chi connectivity index (χ2v) is 6.13. The largest absolute Gasteiger partial charge is 0.469 e. The lowest BCUT2D eigenvalue weighted by Gasteiger charge is -2.16. The van der Waals surface area contributed by atoms with Gasteiger partial charge in [0.25, 0.3) is 5.56 Å². The van der Waals surface area contributed by atoms with Crippen LogP contribution in [0.15, 0.2) is 17.4 Å². The lowest BCUT2D eigenvalue weighted by molar-refractivity contribution is -0.0504. The number of aromatic nitrogens is 4. The van der Waals surface area contributed by atoms with Crippen LogP contribution in [0.3, 0.4) is 0 Å². The van der Waals surface area contributed by atoms with Gasteiger partial charge in [-0.2, -0.15) is 0 Å². The van der Waals surface area contributed by atoms with E-state index in [1.54, 1.807) is 0 Å². The Kier molecular flexibility index (Phi) is 4.06. The molecule has 4 atom stereocenters. The SMILES string of the molecule is O=c1[nH]cnc2c1n[14cH]n2[C@@H]1O[C@H](COP(=O)(O)O)[C@@H](O)[C@H]1O. The fraction of sp³-hybridized carbons (Fsp3) is 0.500. The molecule has 0 amide bonds. The number of hydrogen-bond donors (Lipinski definition) is 5. The first-order valence-corrected chi connectivity index (χ1v) is 7.93. The van der Waals surface area contributed by atoms with Crippen molar-refractivity contribution in [2.75, 3.05) is 6.61 Å². The number of imidazole rings is 1. The van der Waals surface area contributed by atoms with Crippen LogP contribution in [-0.2, 0) is 13.8 Å². The third-order valence-electron chi connectivity index (χ3n) is 3.38. The number of aromatic amines is 1. The molecule has 3 heterocycles. The Morgan fingerprint density at radius 3 is 2.87 bits per heavy atom. The summed E-state index contributed by atoms with van der Waals surface area (Å²) in [6, 6.07) is 0. The Hall–Kier alpha value is -1.66. The number of nitrogens with zero attached hydrogens (tertiary/aromatic N) is 3. The molecule has 0 bridgehead atoms. The van der Waals surface area contributed by atoms with Crippen molar-refractivity contribution < 1.29 is 33.8 Å². The molecule has 0 unspecified atom stereocenters. The minimum atomic E-state index is -4.74. The molecular weight excluding hydrogens is 337 g/mol. The number of aliphatic hydroxyl groups excluding tert-OH is 2. The molecule has 0 aromatic carbocycles. The van der Waals surface area contributed by atoms with Gasteiger partial charge in [-0.3, -0.25) is 13.9 Å². The average Bonchev–Trinajstić information content (AvgIpc) is 3.01. The Bertz CT molecular complexity index is 815. The summed E-state index contributed by atoms with van der Waals surface area (Å²) in [6.07, 6.45) is -2.85. The van der Waals surface area contributed by atoms with Gasteiger partial charge in [-0.1, -0.05) is 0 Å². The van der Waals surface area contributed by atoms with E-state index in [2.05, 4.69) is 19.5 Å². The average molecular weight is 350 g/mol. The highest BCUT2D eigenvalue weighted by atomic mass is 31.2. The van der Waals surface area contributed by atoms with Crippen molar-refractivity contribution in [3.63, 3.8) is 0 Å². The Morgan fingerprint density at radius 2 is 2.17 bits per heavy atom. The number of phosphoric acid groups is 1. The van der Waals surface area contributed by atoms with Crippen LogP contribution in [0.4, 0.5) is 0 Å². The third-order valence-corrected chi connectivity index (χ3v) is 3.87. The van der Waals surface area contributed by atoms with Crippen LogP contribution in [0.1, 0.15) is 6.23 Å². The Morgan fingerprint density at radius 1 is 1.43 bits per heavy atom. The molecule has 1 saturated heterocycles. The van der Waals surface area contributed by atoms with Gasteiger partial charge < -0.3 is 29.7 Å². The predicted octanol–water partition coefficient (Wildman–Crippen LogP) is -2.15. The molecule has 1 aliphatic heterocycles. The molecule has 13 heteroatoms. The number of fused-ring (bicyclic) bond motifs is 1. The van der Waals surface area contributed by atoms with E-state index in [0.717, 1.165) is 6.33 Å². The molecule has 23 heavy (non-hydrogen) atoms. The van der Waals surface area contributed by atoms with Gasteiger partial charge >= 0.3 is 7.82 Å².